The second kappa shape index (κ2) is 4.78. The van der Waals surface area contributed by atoms with Gasteiger partial charge >= 0.3 is 5.97 Å². The number of rotatable bonds is 2. The lowest BCUT2D eigenvalue weighted by Crippen LogP contribution is -1.98. The summed E-state index contributed by atoms with van der Waals surface area (Å²) in [6.45, 7) is 0. The summed E-state index contributed by atoms with van der Waals surface area (Å²) in [7, 11) is 0. The van der Waals surface area contributed by atoms with Gasteiger partial charge in [0.2, 0.25) is 0 Å². The maximum Gasteiger partial charge on any atom is 0.337 e. The molecule has 0 saturated heterocycles. The predicted octanol–water partition coefficient (Wildman–Crippen LogP) is 4.36. The third-order valence-corrected chi connectivity index (χ3v) is 3.00. The van der Waals surface area contributed by atoms with Crippen LogP contribution in [0.5, 0.6) is 0 Å². The van der Waals surface area contributed by atoms with E-state index >= 15 is 0 Å². The number of hydrogen-bond donors (Lipinski definition) is 1. The predicted molar refractivity (Wildman–Crippen MR) is 68.9 cm³/mol. The van der Waals surface area contributed by atoms with Crippen molar-refractivity contribution in [3.63, 3.8) is 0 Å². The lowest BCUT2D eigenvalue weighted by Gasteiger charge is -2.07. The van der Waals surface area contributed by atoms with E-state index in [2.05, 4.69) is 0 Å². The minimum Gasteiger partial charge on any atom is -0.478 e. The summed E-state index contributed by atoms with van der Waals surface area (Å²) in [5.74, 6) is -1.09. The summed E-state index contributed by atoms with van der Waals surface area (Å²) in [6.07, 6.45) is 0. The van der Waals surface area contributed by atoms with Crippen LogP contribution in [0.25, 0.3) is 11.1 Å². The Morgan fingerprint density at radius 3 is 2.24 bits per heavy atom. The molecule has 2 aromatic carbocycles. The molecule has 86 valence electrons. The van der Waals surface area contributed by atoms with Crippen molar-refractivity contribution in [1.29, 1.82) is 0 Å². The van der Waals surface area contributed by atoms with Crippen LogP contribution in [-0.2, 0) is 0 Å². The van der Waals surface area contributed by atoms with E-state index in [1.165, 1.54) is 6.07 Å². The van der Waals surface area contributed by atoms with Gasteiger partial charge in [-0.1, -0.05) is 53.5 Å². The van der Waals surface area contributed by atoms with Gasteiger partial charge < -0.3 is 5.11 Å². The Labute approximate surface area is 108 Å². The molecule has 0 aliphatic heterocycles. The van der Waals surface area contributed by atoms with Crippen molar-refractivity contribution in [2.75, 3.05) is 0 Å². The molecule has 0 fully saturated rings. The van der Waals surface area contributed by atoms with Crippen LogP contribution in [0.3, 0.4) is 0 Å². The molecule has 0 aromatic heterocycles. The number of benzene rings is 2. The number of aromatic carboxylic acids is 1. The van der Waals surface area contributed by atoms with E-state index in [4.69, 9.17) is 28.3 Å². The molecule has 4 heteroatoms. The zero-order valence-electron chi connectivity index (χ0n) is 8.65. The highest BCUT2D eigenvalue weighted by Crippen LogP contribution is 2.32. The Morgan fingerprint density at radius 1 is 1.00 bits per heavy atom. The van der Waals surface area contributed by atoms with E-state index in [9.17, 15) is 4.79 Å². The van der Waals surface area contributed by atoms with Crippen LogP contribution < -0.4 is 0 Å². The quantitative estimate of drug-likeness (QED) is 0.877. The standard InChI is InChI=1S/C13H8Cl2O2/c14-11-7-10(13(16)17)12(15)6-9(11)8-4-2-1-3-5-8/h1-7H,(H,16,17). The van der Waals surface area contributed by atoms with Gasteiger partial charge in [0, 0.05) is 10.6 Å². The molecule has 2 nitrogen and oxygen atoms in total. The van der Waals surface area contributed by atoms with Gasteiger partial charge in [-0.25, -0.2) is 4.79 Å². The average molecular weight is 267 g/mol. The highest BCUT2D eigenvalue weighted by Gasteiger charge is 2.13. The van der Waals surface area contributed by atoms with Gasteiger partial charge in [0.25, 0.3) is 0 Å². The van der Waals surface area contributed by atoms with Crippen molar-refractivity contribution in [3.05, 3.63) is 58.1 Å². The molecule has 0 aliphatic rings. The van der Waals surface area contributed by atoms with Crippen molar-refractivity contribution >= 4 is 29.2 Å². The Balaban J connectivity index is 2.58. The molecule has 2 rings (SSSR count). The van der Waals surface area contributed by atoms with Crippen LogP contribution in [0.1, 0.15) is 10.4 Å². The molecule has 0 atom stereocenters. The molecule has 0 heterocycles. The Kier molecular flexibility index (Phi) is 3.36. The fourth-order valence-corrected chi connectivity index (χ4v) is 2.07. The van der Waals surface area contributed by atoms with Gasteiger partial charge in [-0.3, -0.25) is 0 Å². The van der Waals surface area contributed by atoms with Crippen LogP contribution in [0.15, 0.2) is 42.5 Å². The third kappa shape index (κ3) is 2.43. The van der Waals surface area contributed by atoms with Crippen LogP contribution in [0.2, 0.25) is 10.0 Å². The average Bonchev–Trinajstić information content (AvgIpc) is 2.32. The van der Waals surface area contributed by atoms with E-state index in [1.807, 2.05) is 30.3 Å². The van der Waals surface area contributed by atoms with Crippen molar-refractivity contribution in [1.82, 2.24) is 0 Å². The molecular formula is C13H8Cl2O2. The maximum absolute atomic E-state index is 10.9. The number of hydrogen-bond acceptors (Lipinski definition) is 1. The number of carbonyl (C=O) groups is 1. The Bertz CT molecular complexity index is 565. The topological polar surface area (TPSA) is 37.3 Å². The van der Waals surface area contributed by atoms with Gasteiger partial charge in [0.1, 0.15) is 0 Å². The minimum absolute atomic E-state index is 0.0105. The summed E-state index contributed by atoms with van der Waals surface area (Å²) in [5.41, 5.74) is 1.63. The summed E-state index contributed by atoms with van der Waals surface area (Å²) in [4.78, 5) is 10.9. The Morgan fingerprint density at radius 2 is 1.65 bits per heavy atom. The summed E-state index contributed by atoms with van der Waals surface area (Å²) >= 11 is 12.0. The molecule has 0 saturated carbocycles. The summed E-state index contributed by atoms with van der Waals surface area (Å²) in [5, 5.41) is 9.46. The van der Waals surface area contributed by atoms with Crippen LogP contribution in [0.4, 0.5) is 0 Å². The smallest absolute Gasteiger partial charge is 0.337 e. The molecular weight excluding hydrogens is 259 g/mol. The van der Waals surface area contributed by atoms with Crippen molar-refractivity contribution in [2.24, 2.45) is 0 Å². The van der Waals surface area contributed by atoms with Crippen molar-refractivity contribution < 1.29 is 9.90 Å². The number of carboxylic acids is 1. The molecule has 0 radical (unpaired) electrons. The third-order valence-electron chi connectivity index (χ3n) is 2.37. The van der Waals surface area contributed by atoms with Crippen molar-refractivity contribution in [3.8, 4) is 11.1 Å². The SMILES string of the molecule is O=C(O)c1cc(Cl)c(-c2ccccc2)cc1Cl. The lowest BCUT2D eigenvalue weighted by atomic mass is 10.0. The molecule has 0 spiro atoms. The van der Waals surface area contributed by atoms with E-state index in [0.29, 0.717) is 5.02 Å². The maximum atomic E-state index is 10.9. The van der Waals surface area contributed by atoms with Crippen LogP contribution in [-0.4, -0.2) is 11.1 Å². The van der Waals surface area contributed by atoms with Gasteiger partial charge in [-0.05, 0) is 17.7 Å². The molecule has 1 N–H and O–H groups in total. The van der Waals surface area contributed by atoms with Crippen molar-refractivity contribution in [2.45, 2.75) is 0 Å². The van der Waals surface area contributed by atoms with E-state index in [-0.39, 0.29) is 10.6 Å². The van der Waals surface area contributed by atoms with Crippen LogP contribution >= 0.6 is 23.2 Å². The molecule has 2 aromatic rings. The second-order valence-electron chi connectivity index (χ2n) is 3.48. The lowest BCUT2D eigenvalue weighted by molar-refractivity contribution is 0.0697. The minimum atomic E-state index is -1.09. The Hall–Kier alpha value is -1.51. The largest absolute Gasteiger partial charge is 0.478 e. The van der Waals surface area contributed by atoms with E-state index in [0.717, 1.165) is 11.1 Å². The van der Waals surface area contributed by atoms with E-state index in [1.54, 1.807) is 6.07 Å². The van der Waals surface area contributed by atoms with Gasteiger partial charge in [0.15, 0.2) is 0 Å². The van der Waals surface area contributed by atoms with Gasteiger partial charge in [-0.15, -0.1) is 0 Å². The molecule has 0 unspecified atom stereocenters. The second-order valence-corrected chi connectivity index (χ2v) is 4.30. The summed E-state index contributed by atoms with van der Waals surface area (Å²) < 4.78 is 0. The van der Waals surface area contributed by atoms with Gasteiger partial charge in [0.05, 0.1) is 10.6 Å². The number of halogens is 2. The fourth-order valence-electron chi connectivity index (χ4n) is 1.55. The first-order valence-electron chi connectivity index (χ1n) is 4.87. The zero-order valence-corrected chi connectivity index (χ0v) is 10.2. The first kappa shape index (κ1) is 12.0. The normalized spacial score (nSPS) is 10.2. The molecule has 0 amide bonds. The van der Waals surface area contributed by atoms with Crippen LogP contribution in [0, 0.1) is 0 Å². The molecule has 0 aliphatic carbocycles. The first-order valence-corrected chi connectivity index (χ1v) is 5.63. The zero-order chi connectivity index (χ0) is 12.4. The highest BCUT2D eigenvalue weighted by atomic mass is 35.5. The molecule has 0 bridgehead atoms. The van der Waals surface area contributed by atoms with E-state index < -0.39 is 5.97 Å². The monoisotopic (exact) mass is 266 g/mol. The first-order chi connectivity index (χ1) is 8.09. The highest BCUT2D eigenvalue weighted by molar-refractivity contribution is 6.37. The summed E-state index contributed by atoms with van der Waals surface area (Å²) in [6, 6.07) is 12.4. The number of carboxylic acid groups (broad SMARTS) is 1. The fraction of sp³-hybridized carbons (Fsp3) is 0. The van der Waals surface area contributed by atoms with Gasteiger partial charge in [-0.2, -0.15) is 0 Å². The molecule has 17 heavy (non-hydrogen) atoms.